The molecule has 1 unspecified atom stereocenters. The minimum atomic E-state index is 0.0422. The van der Waals surface area contributed by atoms with Crippen LogP contribution in [0.1, 0.15) is 42.9 Å². The molecule has 2 aliphatic rings. The lowest BCUT2D eigenvalue weighted by Gasteiger charge is -2.09. The Kier molecular flexibility index (Phi) is 2.35. The molecule has 2 aliphatic carbocycles. The van der Waals surface area contributed by atoms with Gasteiger partial charge in [-0.25, -0.2) is 0 Å². The van der Waals surface area contributed by atoms with E-state index in [1.807, 2.05) is 6.07 Å². The Balaban J connectivity index is 1.90. The smallest absolute Gasteiger partial charge is 0.167 e. The van der Waals surface area contributed by atoms with Gasteiger partial charge < -0.3 is 0 Å². The summed E-state index contributed by atoms with van der Waals surface area (Å²) in [5, 5.41) is 0. The van der Waals surface area contributed by atoms with Crippen molar-refractivity contribution < 1.29 is 4.79 Å². The molecule has 1 aromatic heterocycles. The number of rotatable bonds is 2. The third-order valence-electron chi connectivity index (χ3n) is 3.63. The molecule has 0 radical (unpaired) electrons. The summed E-state index contributed by atoms with van der Waals surface area (Å²) < 4.78 is 0. The average Bonchev–Trinajstić information content (AvgIpc) is 2.98. The van der Waals surface area contributed by atoms with Gasteiger partial charge in [0.1, 0.15) is 0 Å². The lowest BCUT2D eigenvalue weighted by Crippen LogP contribution is -2.12. The van der Waals surface area contributed by atoms with Gasteiger partial charge in [-0.3, -0.25) is 9.78 Å². The van der Waals surface area contributed by atoms with Gasteiger partial charge in [0.05, 0.1) is 11.6 Å². The van der Waals surface area contributed by atoms with Gasteiger partial charge >= 0.3 is 0 Å². The fourth-order valence-electron chi connectivity index (χ4n) is 2.79. The SMILES string of the molecule is O=C(C1=CCCC1)C1CCc2cccnc21. The molecule has 0 N–H and O–H groups in total. The molecule has 2 heteroatoms. The summed E-state index contributed by atoms with van der Waals surface area (Å²) in [4.78, 5) is 16.7. The Hall–Kier alpha value is -1.44. The number of ketones is 1. The first-order valence-electron chi connectivity index (χ1n) is 6.03. The quantitative estimate of drug-likeness (QED) is 0.756. The fraction of sp³-hybridized carbons (Fsp3) is 0.429. The van der Waals surface area contributed by atoms with Crippen LogP contribution in [0.3, 0.4) is 0 Å². The van der Waals surface area contributed by atoms with E-state index in [4.69, 9.17) is 0 Å². The van der Waals surface area contributed by atoms with Crippen LogP contribution in [0.15, 0.2) is 30.0 Å². The van der Waals surface area contributed by atoms with Gasteiger partial charge in [-0.2, -0.15) is 0 Å². The zero-order valence-electron chi connectivity index (χ0n) is 9.28. The minimum Gasteiger partial charge on any atom is -0.294 e. The van der Waals surface area contributed by atoms with Crippen molar-refractivity contribution in [3.8, 4) is 0 Å². The topological polar surface area (TPSA) is 30.0 Å². The van der Waals surface area contributed by atoms with Crippen LogP contribution in [0.5, 0.6) is 0 Å². The Morgan fingerprint density at radius 3 is 3.12 bits per heavy atom. The summed E-state index contributed by atoms with van der Waals surface area (Å²) in [7, 11) is 0. The highest BCUT2D eigenvalue weighted by Gasteiger charge is 2.31. The number of pyridine rings is 1. The normalized spacial score (nSPS) is 23.0. The molecule has 0 spiro atoms. The van der Waals surface area contributed by atoms with Crippen LogP contribution in [0, 0.1) is 0 Å². The van der Waals surface area contributed by atoms with Gasteiger partial charge in [-0.05, 0) is 49.3 Å². The summed E-state index contributed by atoms with van der Waals surface area (Å²) in [6.45, 7) is 0. The van der Waals surface area contributed by atoms with Crippen LogP contribution in [0.2, 0.25) is 0 Å². The summed E-state index contributed by atoms with van der Waals surface area (Å²) in [5.74, 6) is 0.371. The van der Waals surface area contributed by atoms with E-state index < -0.39 is 0 Å². The molecular formula is C14H15NO. The third-order valence-corrected chi connectivity index (χ3v) is 3.63. The lowest BCUT2D eigenvalue weighted by molar-refractivity contribution is -0.117. The number of aryl methyl sites for hydroxylation is 1. The maximum atomic E-state index is 12.3. The molecule has 1 aromatic rings. The van der Waals surface area contributed by atoms with E-state index in [0.29, 0.717) is 5.78 Å². The number of aromatic nitrogens is 1. The molecule has 1 heterocycles. The number of carbonyl (C=O) groups excluding carboxylic acids is 1. The molecule has 0 fully saturated rings. The van der Waals surface area contributed by atoms with Gasteiger partial charge in [-0.15, -0.1) is 0 Å². The predicted molar refractivity (Wildman–Crippen MR) is 62.2 cm³/mol. The maximum absolute atomic E-state index is 12.3. The van der Waals surface area contributed by atoms with Gasteiger partial charge in [0.25, 0.3) is 0 Å². The van der Waals surface area contributed by atoms with E-state index in [0.717, 1.165) is 43.4 Å². The van der Waals surface area contributed by atoms with Crippen molar-refractivity contribution >= 4 is 5.78 Å². The van der Waals surface area contributed by atoms with Crippen molar-refractivity contribution in [3.63, 3.8) is 0 Å². The first-order valence-corrected chi connectivity index (χ1v) is 6.03. The predicted octanol–water partition coefficient (Wildman–Crippen LogP) is 2.79. The minimum absolute atomic E-state index is 0.0422. The van der Waals surface area contributed by atoms with E-state index in [1.165, 1.54) is 5.56 Å². The average molecular weight is 213 g/mol. The molecule has 0 aliphatic heterocycles. The molecule has 3 rings (SSSR count). The second-order valence-electron chi connectivity index (χ2n) is 4.62. The van der Waals surface area contributed by atoms with E-state index in [1.54, 1.807) is 6.20 Å². The van der Waals surface area contributed by atoms with Crippen LogP contribution >= 0.6 is 0 Å². The molecule has 0 saturated carbocycles. The second-order valence-corrected chi connectivity index (χ2v) is 4.62. The van der Waals surface area contributed by atoms with Crippen LogP contribution < -0.4 is 0 Å². The first-order chi connectivity index (χ1) is 7.86. The number of fused-ring (bicyclic) bond motifs is 1. The van der Waals surface area contributed by atoms with E-state index in [-0.39, 0.29) is 5.92 Å². The Labute approximate surface area is 95.4 Å². The van der Waals surface area contributed by atoms with Crippen molar-refractivity contribution in [1.29, 1.82) is 0 Å². The van der Waals surface area contributed by atoms with Crippen molar-refractivity contribution in [2.45, 2.75) is 38.0 Å². The number of nitrogens with zero attached hydrogens (tertiary/aromatic N) is 1. The van der Waals surface area contributed by atoms with Crippen LogP contribution in [0.4, 0.5) is 0 Å². The Morgan fingerprint density at radius 1 is 1.38 bits per heavy atom. The fourth-order valence-corrected chi connectivity index (χ4v) is 2.79. The zero-order chi connectivity index (χ0) is 11.0. The third kappa shape index (κ3) is 1.49. The molecule has 0 aromatic carbocycles. The Bertz CT molecular complexity index is 462. The summed E-state index contributed by atoms with van der Waals surface area (Å²) >= 11 is 0. The molecule has 0 saturated heterocycles. The number of allylic oxidation sites excluding steroid dienone is 2. The van der Waals surface area contributed by atoms with Gasteiger partial charge in [0, 0.05) is 6.20 Å². The Morgan fingerprint density at radius 2 is 2.31 bits per heavy atom. The molecular weight excluding hydrogens is 198 g/mol. The summed E-state index contributed by atoms with van der Waals surface area (Å²) in [6, 6.07) is 4.05. The van der Waals surface area contributed by atoms with Crippen LogP contribution in [-0.4, -0.2) is 10.8 Å². The monoisotopic (exact) mass is 213 g/mol. The molecule has 0 bridgehead atoms. The van der Waals surface area contributed by atoms with Crippen molar-refractivity contribution in [3.05, 3.63) is 41.2 Å². The number of hydrogen-bond acceptors (Lipinski definition) is 2. The summed E-state index contributed by atoms with van der Waals surface area (Å²) in [5.41, 5.74) is 3.34. The zero-order valence-corrected chi connectivity index (χ0v) is 9.28. The van der Waals surface area contributed by atoms with Crippen molar-refractivity contribution in [2.24, 2.45) is 0 Å². The van der Waals surface area contributed by atoms with E-state index in [9.17, 15) is 4.79 Å². The standard InChI is InChI=1S/C14H15NO/c16-14(11-4-1-2-5-11)12-8-7-10-6-3-9-15-13(10)12/h3-4,6,9,12H,1-2,5,7-8H2. The summed E-state index contributed by atoms with van der Waals surface area (Å²) in [6.07, 6.45) is 9.05. The highest BCUT2D eigenvalue weighted by atomic mass is 16.1. The number of hydrogen-bond donors (Lipinski definition) is 0. The van der Waals surface area contributed by atoms with E-state index in [2.05, 4.69) is 17.1 Å². The molecule has 16 heavy (non-hydrogen) atoms. The van der Waals surface area contributed by atoms with E-state index >= 15 is 0 Å². The largest absolute Gasteiger partial charge is 0.294 e. The molecule has 1 atom stereocenters. The van der Waals surface area contributed by atoms with Gasteiger partial charge in [0.15, 0.2) is 5.78 Å². The first kappa shape index (κ1) is 9.76. The molecule has 82 valence electrons. The highest BCUT2D eigenvalue weighted by molar-refractivity contribution is 6.01. The van der Waals surface area contributed by atoms with Crippen LogP contribution in [-0.2, 0) is 11.2 Å². The number of carbonyl (C=O) groups is 1. The number of Topliss-reactive ketones (excluding diaryl/α,β-unsaturated/α-hetero) is 1. The van der Waals surface area contributed by atoms with Crippen LogP contribution in [0.25, 0.3) is 0 Å². The lowest BCUT2D eigenvalue weighted by atomic mass is 9.95. The van der Waals surface area contributed by atoms with Crippen molar-refractivity contribution in [2.75, 3.05) is 0 Å². The maximum Gasteiger partial charge on any atom is 0.167 e. The van der Waals surface area contributed by atoms with Crippen molar-refractivity contribution in [1.82, 2.24) is 4.98 Å². The molecule has 2 nitrogen and oxygen atoms in total. The molecule has 0 amide bonds. The van der Waals surface area contributed by atoms with Gasteiger partial charge in [-0.1, -0.05) is 12.1 Å². The highest BCUT2D eigenvalue weighted by Crippen LogP contribution is 2.35. The second kappa shape index (κ2) is 3.85. The van der Waals surface area contributed by atoms with Gasteiger partial charge in [0.2, 0.25) is 0 Å².